The Bertz CT molecular complexity index is 1150. The van der Waals surface area contributed by atoms with Crippen LogP contribution in [0.1, 0.15) is 16.7 Å². The highest BCUT2D eigenvalue weighted by molar-refractivity contribution is 5.64. The quantitative estimate of drug-likeness (QED) is 0.506. The molecule has 5 heteroatoms. The lowest BCUT2D eigenvalue weighted by molar-refractivity contribution is 1.04. The third-order valence-electron chi connectivity index (χ3n) is 4.26. The first-order valence-corrected chi connectivity index (χ1v) is 8.89. The van der Waals surface area contributed by atoms with Gasteiger partial charge in [0.1, 0.15) is 11.4 Å². The molecule has 0 N–H and O–H groups in total. The molecule has 0 radical (unpaired) electrons. The molecule has 0 bridgehead atoms. The molecule has 0 amide bonds. The summed E-state index contributed by atoms with van der Waals surface area (Å²) in [5.41, 5.74) is 4.04. The number of aromatic nitrogens is 5. The molecule has 30 heavy (non-hydrogen) atoms. The number of pyridine rings is 2. The van der Waals surface area contributed by atoms with Gasteiger partial charge in [-0.1, -0.05) is 17.8 Å². The van der Waals surface area contributed by atoms with Crippen molar-refractivity contribution in [3.63, 3.8) is 0 Å². The molecular formula is C25H13N5. The maximum Gasteiger partial charge on any atom is 0.182 e. The summed E-state index contributed by atoms with van der Waals surface area (Å²) in [4.78, 5) is 22.5. The van der Waals surface area contributed by atoms with E-state index in [1.54, 1.807) is 36.7 Å². The highest BCUT2D eigenvalue weighted by Gasteiger charge is 2.13. The zero-order chi connectivity index (χ0) is 20.9. The molecule has 0 aliphatic carbocycles. The van der Waals surface area contributed by atoms with Gasteiger partial charge in [0.15, 0.2) is 17.5 Å². The first-order chi connectivity index (χ1) is 14.7. The lowest BCUT2D eigenvalue weighted by Crippen LogP contribution is -2.02. The van der Waals surface area contributed by atoms with E-state index in [2.05, 4.69) is 42.7 Å². The molecular weight excluding hydrogens is 370 g/mol. The van der Waals surface area contributed by atoms with Crippen LogP contribution < -0.4 is 0 Å². The molecule has 138 valence electrons. The van der Waals surface area contributed by atoms with Gasteiger partial charge in [-0.15, -0.1) is 19.3 Å². The second-order valence-electron chi connectivity index (χ2n) is 6.18. The zero-order valence-corrected chi connectivity index (χ0v) is 15.7. The molecule has 5 nitrogen and oxygen atoms in total. The van der Waals surface area contributed by atoms with Crippen LogP contribution in [0.5, 0.6) is 0 Å². The van der Waals surface area contributed by atoms with Gasteiger partial charge in [0.25, 0.3) is 0 Å². The van der Waals surface area contributed by atoms with Crippen molar-refractivity contribution in [3.05, 3.63) is 77.6 Å². The first kappa shape index (κ1) is 18.6. The van der Waals surface area contributed by atoms with Gasteiger partial charge < -0.3 is 0 Å². The van der Waals surface area contributed by atoms with Gasteiger partial charge in [-0.2, -0.15) is 0 Å². The molecule has 1 aromatic carbocycles. The van der Waals surface area contributed by atoms with E-state index < -0.39 is 0 Å². The second-order valence-corrected chi connectivity index (χ2v) is 6.18. The third-order valence-corrected chi connectivity index (χ3v) is 4.26. The lowest BCUT2D eigenvalue weighted by atomic mass is 10.1. The fourth-order valence-electron chi connectivity index (χ4n) is 2.67. The molecule has 0 aliphatic rings. The van der Waals surface area contributed by atoms with Crippen LogP contribution in [0.3, 0.4) is 0 Å². The molecule has 4 aromatic rings. The monoisotopic (exact) mass is 383 g/mol. The van der Waals surface area contributed by atoms with E-state index in [9.17, 15) is 0 Å². The van der Waals surface area contributed by atoms with Crippen molar-refractivity contribution in [2.45, 2.75) is 0 Å². The van der Waals surface area contributed by atoms with Crippen molar-refractivity contribution >= 4 is 0 Å². The molecule has 3 heterocycles. The largest absolute Gasteiger partial charge is 0.252 e. The van der Waals surface area contributed by atoms with Gasteiger partial charge in [-0.3, -0.25) is 9.97 Å². The summed E-state index contributed by atoms with van der Waals surface area (Å²) >= 11 is 0. The number of nitrogens with zero attached hydrogens (tertiary/aromatic N) is 5. The maximum atomic E-state index is 5.45. The Hall–Kier alpha value is -4.79. The Balaban J connectivity index is 1.87. The van der Waals surface area contributed by atoms with Crippen molar-refractivity contribution in [2.24, 2.45) is 0 Å². The van der Waals surface area contributed by atoms with Crippen LogP contribution in [0.2, 0.25) is 0 Å². The van der Waals surface area contributed by atoms with E-state index in [4.69, 9.17) is 19.3 Å². The van der Waals surface area contributed by atoms with Crippen LogP contribution in [0.25, 0.3) is 34.4 Å². The summed E-state index contributed by atoms with van der Waals surface area (Å²) in [6.07, 6.45) is 19.5. The summed E-state index contributed by atoms with van der Waals surface area (Å²) in [7, 11) is 0. The van der Waals surface area contributed by atoms with Gasteiger partial charge in [-0.25, -0.2) is 15.0 Å². The van der Waals surface area contributed by atoms with E-state index in [-0.39, 0.29) is 0 Å². The minimum absolute atomic E-state index is 0.405. The van der Waals surface area contributed by atoms with Crippen LogP contribution in [0, 0.1) is 37.0 Å². The van der Waals surface area contributed by atoms with Gasteiger partial charge in [0.2, 0.25) is 0 Å². The van der Waals surface area contributed by atoms with E-state index in [0.29, 0.717) is 40.0 Å². The molecule has 0 aliphatic heterocycles. The fourth-order valence-corrected chi connectivity index (χ4v) is 2.67. The number of hydrogen-bond acceptors (Lipinski definition) is 5. The van der Waals surface area contributed by atoms with Gasteiger partial charge >= 0.3 is 0 Å². The average Bonchev–Trinajstić information content (AvgIpc) is 2.84. The van der Waals surface area contributed by atoms with Gasteiger partial charge in [0, 0.05) is 34.6 Å². The smallest absolute Gasteiger partial charge is 0.182 e. The average molecular weight is 383 g/mol. The van der Waals surface area contributed by atoms with Gasteiger partial charge in [-0.05, 0) is 48.5 Å². The number of terminal acetylenes is 3. The van der Waals surface area contributed by atoms with Crippen LogP contribution in [0.4, 0.5) is 0 Å². The summed E-state index contributed by atoms with van der Waals surface area (Å²) in [5.74, 6) is 8.97. The minimum atomic E-state index is 0.405. The molecule has 0 unspecified atom stereocenters. The maximum absolute atomic E-state index is 5.45. The summed E-state index contributed by atoms with van der Waals surface area (Å²) in [6.45, 7) is 0. The van der Waals surface area contributed by atoms with Crippen LogP contribution in [-0.2, 0) is 0 Å². The van der Waals surface area contributed by atoms with Crippen LogP contribution >= 0.6 is 0 Å². The lowest BCUT2D eigenvalue weighted by Gasteiger charge is -2.08. The fraction of sp³-hybridized carbons (Fsp3) is 0. The zero-order valence-electron chi connectivity index (χ0n) is 15.7. The number of benzene rings is 1. The molecule has 0 saturated heterocycles. The van der Waals surface area contributed by atoms with Gasteiger partial charge in [0.05, 0.1) is 0 Å². The van der Waals surface area contributed by atoms with E-state index >= 15 is 0 Å². The SMILES string of the molecule is C#Cc1ccc(-c2nc(-c3ccc(C#C)cn3)nc(-c3ccc(C#C)cn3)n2)cc1. The molecule has 0 atom stereocenters. The Morgan fingerprint density at radius 2 is 0.933 bits per heavy atom. The Morgan fingerprint density at radius 3 is 1.33 bits per heavy atom. The molecule has 3 aromatic heterocycles. The standard InChI is InChI=1S/C25H13N5/c1-4-17-7-11-20(12-8-17)23-28-24(21-13-9-18(5-2)15-26-21)30-25(29-23)22-14-10-19(6-3)16-27-22/h1-3,7-16H. The summed E-state index contributed by atoms with van der Waals surface area (Å²) < 4.78 is 0. The highest BCUT2D eigenvalue weighted by Crippen LogP contribution is 2.23. The predicted molar refractivity (Wildman–Crippen MR) is 116 cm³/mol. The van der Waals surface area contributed by atoms with Crippen LogP contribution in [-0.4, -0.2) is 24.9 Å². The van der Waals surface area contributed by atoms with Crippen molar-refractivity contribution in [3.8, 4) is 71.5 Å². The predicted octanol–water partition coefficient (Wildman–Crippen LogP) is 3.61. The highest BCUT2D eigenvalue weighted by atomic mass is 15.1. The number of hydrogen-bond donors (Lipinski definition) is 0. The molecule has 0 spiro atoms. The molecule has 4 rings (SSSR count). The van der Waals surface area contributed by atoms with Crippen molar-refractivity contribution in [1.29, 1.82) is 0 Å². The van der Waals surface area contributed by atoms with Crippen molar-refractivity contribution in [2.75, 3.05) is 0 Å². The van der Waals surface area contributed by atoms with E-state index in [1.807, 2.05) is 24.3 Å². The number of rotatable bonds is 3. The summed E-state index contributed by atoms with van der Waals surface area (Å²) in [6, 6.07) is 14.5. The Morgan fingerprint density at radius 1 is 0.500 bits per heavy atom. The first-order valence-electron chi connectivity index (χ1n) is 8.89. The topological polar surface area (TPSA) is 64.5 Å². The van der Waals surface area contributed by atoms with Crippen molar-refractivity contribution < 1.29 is 0 Å². The third kappa shape index (κ3) is 3.76. The minimum Gasteiger partial charge on any atom is -0.252 e. The molecule has 0 fully saturated rings. The molecule has 0 saturated carbocycles. The normalized spacial score (nSPS) is 9.90. The van der Waals surface area contributed by atoms with E-state index in [0.717, 1.165) is 11.1 Å². The van der Waals surface area contributed by atoms with Crippen molar-refractivity contribution in [1.82, 2.24) is 24.9 Å². The summed E-state index contributed by atoms with van der Waals surface area (Å²) in [5, 5.41) is 0. The Kier molecular flexibility index (Phi) is 4.99. The van der Waals surface area contributed by atoms with E-state index in [1.165, 1.54) is 0 Å². The Labute approximate surface area is 174 Å². The van der Waals surface area contributed by atoms with Crippen LogP contribution in [0.15, 0.2) is 60.9 Å². The second kappa shape index (κ2) is 8.07.